The van der Waals surface area contributed by atoms with Crippen LogP contribution in [0.4, 0.5) is 0 Å². The molecule has 3 rings (SSSR count). The Labute approximate surface area is 129 Å². The number of carbonyl (C=O) groups is 2. The van der Waals surface area contributed by atoms with Gasteiger partial charge in [0.1, 0.15) is 11.7 Å². The standard InChI is InChI=1S/C16H23N3O3/c1-9(13-8-11-3-4-12(13)7-11)18-15(20)14-5-6-17-19(14)10(2)16(21)22/h5-6,9-13H,3-4,7-8H2,1-2H3,(H,18,20)(H,21,22). The highest BCUT2D eigenvalue weighted by atomic mass is 16.4. The number of amides is 1. The van der Waals surface area contributed by atoms with Crippen molar-refractivity contribution < 1.29 is 14.7 Å². The molecule has 5 unspecified atom stereocenters. The maximum Gasteiger partial charge on any atom is 0.328 e. The van der Waals surface area contributed by atoms with Crippen molar-refractivity contribution in [3.63, 3.8) is 0 Å². The van der Waals surface area contributed by atoms with Gasteiger partial charge in [-0.1, -0.05) is 6.42 Å². The number of carboxylic acids is 1. The monoisotopic (exact) mass is 305 g/mol. The summed E-state index contributed by atoms with van der Waals surface area (Å²) in [6.07, 6.45) is 6.60. The molecule has 120 valence electrons. The highest BCUT2D eigenvalue weighted by molar-refractivity contribution is 5.93. The summed E-state index contributed by atoms with van der Waals surface area (Å²) in [7, 11) is 0. The number of nitrogens with one attached hydrogen (secondary N) is 1. The lowest BCUT2D eigenvalue weighted by Gasteiger charge is -2.28. The Morgan fingerprint density at radius 2 is 2.14 bits per heavy atom. The van der Waals surface area contributed by atoms with Crippen molar-refractivity contribution in [2.24, 2.45) is 17.8 Å². The van der Waals surface area contributed by atoms with Crippen LogP contribution in [-0.4, -0.2) is 32.8 Å². The molecule has 2 aliphatic rings. The number of rotatable bonds is 5. The first-order valence-corrected chi connectivity index (χ1v) is 8.04. The average Bonchev–Trinajstić information content (AvgIpc) is 3.21. The highest BCUT2D eigenvalue weighted by Gasteiger charge is 2.42. The molecule has 0 saturated heterocycles. The molecule has 0 aliphatic heterocycles. The summed E-state index contributed by atoms with van der Waals surface area (Å²) in [5.41, 5.74) is 0.310. The summed E-state index contributed by atoms with van der Waals surface area (Å²) < 4.78 is 1.27. The summed E-state index contributed by atoms with van der Waals surface area (Å²) in [6, 6.07) is 0.835. The van der Waals surface area contributed by atoms with E-state index in [1.54, 1.807) is 6.07 Å². The molecule has 1 heterocycles. The maximum absolute atomic E-state index is 12.5. The average molecular weight is 305 g/mol. The molecule has 1 aromatic rings. The first kappa shape index (κ1) is 15.1. The van der Waals surface area contributed by atoms with Crippen LogP contribution in [0.5, 0.6) is 0 Å². The Kier molecular flexibility index (Phi) is 3.93. The molecule has 6 heteroatoms. The zero-order chi connectivity index (χ0) is 15.9. The number of carbonyl (C=O) groups excluding carboxylic acids is 1. The van der Waals surface area contributed by atoms with Crippen LogP contribution in [0, 0.1) is 17.8 Å². The van der Waals surface area contributed by atoms with Crippen molar-refractivity contribution in [1.29, 1.82) is 0 Å². The predicted octanol–water partition coefficient (Wildman–Crippen LogP) is 2.08. The van der Waals surface area contributed by atoms with Crippen LogP contribution in [0.3, 0.4) is 0 Å². The molecular formula is C16H23N3O3. The molecule has 22 heavy (non-hydrogen) atoms. The lowest BCUT2D eigenvalue weighted by atomic mass is 9.84. The van der Waals surface area contributed by atoms with E-state index >= 15 is 0 Å². The minimum Gasteiger partial charge on any atom is -0.480 e. The van der Waals surface area contributed by atoms with Gasteiger partial charge < -0.3 is 10.4 Å². The van der Waals surface area contributed by atoms with Crippen LogP contribution in [0.15, 0.2) is 12.3 Å². The Bertz CT molecular complexity index is 583. The third-order valence-corrected chi connectivity index (χ3v) is 5.42. The molecule has 0 radical (unpaired) electrons. The molecule has 1 aromatic heterocycles. The lowest BCUT2D eigenvalue weighted by Crippen LogP contribution is -2.41. The van der Waals surface area contributed by atoms with Crippen LogP contribution in [-0.2, 0) is 4.79 Å². The topological polar surface area (TPSA) is 84.2 Å². The van der Waals surface area contributed by atoms with Crippen LogP contribution >= 0.6 is 0 Å². The van der Waals surface area contributed by atoms with Crippen molar-refractivity contribution in [1.82, 2.24) is 15.1 Å². The summed E-state index contributed by atoms with van der Waals surface area (Å²) in [4.78, 5) is 23.6. The van der Waals surface area contributed by atoms with Gasteiger partial charge >= 0.3 is 5.97 Å². The van der Waals surface area contributed by atoms with Crippen molar-refractivity contribution in [3.05, 3.63) is 18.0 Å². The zero-order valence-electron chi connectivity index (χ0n) is 13.0. The molecule has 5 atom stereocenters. The number of carboxylic acid groups (broad SMARTS) is 1. The van der Waals surface area contributed by atoms with Crippen molar-refractivity contribution >= 4 is 11.9 Å². The van der Waals surface area contributed by atoms with Gasteiger partial charge in [0.2, 0.25) is 0 Å². The van der Waals surface area contributed by atoms with Crippen molar-refractivity contribution in [2.75, 3.05) is 0 Å². The number of fused-ring (bicyclic) bond motifs is 2. The van der Waals surface area contributed by atoms with E-state index in [1.165, 1.54) is 43.5 Å². The number of aliphatic carboxylic acids is 1. The maximum atomic E-state index is 12.5. The lowest BCUT2D eigenvalue weighted by molar-refractivity contribution is -0.140. The SMILES string of the molecule is CC(NC(=O)c1ccnn1C(C)C(=O)O)C1CC2CCC1C2. The quantitative estimate of drug-likeness (QED) is 0.872. The van der Waals surface area contributed by atoms with Gasteiger partial charge in [0.15, 0.2) is 0 Å². The van der Waals surface area contributed by atoms with E-state index in [0.29, 0.717) is 11.6 Å². The van der Waals surface area contributed by atoms with Gasteiger partial charge in [-0.25, -0.2) is 9.48 Å². The predicted molar refractivity (Wildman–Crippen MR) is 80.4 cm³/mol. The highest BCUT2D eigenvalue weighted by Crippen LogP contribution is 2.49. The smallest absolute Gasteiger partial charge is 0.328 e. The molecule has 0 spiro atoms. The summed E-state index contributed by atoms with van der Waals surface area (Å²) in [6.45, 7) is 3.58. The van der Waals surface area contributed by atoms with Crippen LogP contribution in [0.2, 0.25) is 0 Å². The molecule has 2 N–H and O–H groups in total. The zero-order valence-corrected chi connectivity index (χ0v) is 13.0. The third-order valence-electron chi connectivity index (χ3n) is 5.42. The third kappa shape index (κ3) is 2.62. The number of hydrogen-bond acceptors (Lipinski definition) is 3. The minimum absolute atomic E-state index is 0.117. The Balaban J connectivity index is 1.67. The van der Waals surface area contributed by atoms with Gasteiger partial charge in [0.25, 0.3) is 5.91 Å². The van der Waals surface area contributed by atoms with Gasteiger partial charge in [-0.15, -0.1) is 0 Å². The van der Waals surface area contributed by atoms with E-state index < -0.39 is 12.0 Å². The second kappa shape index (κ2) is 5.74. The molecule has 2 saturated carbocycles. The first-order valence-electron chi connectivity index (χ1n) is 8.04. The molecule has 1 amide bonds. The van der Waals surface area contributed by atoms with Crippen molar-refractivity contribution in [3.8, 4) is 0 Å². The largest absolute Gasteiger partial charge is 0.480 e. The summed E-state index contributed by atoms with van der Waals surface area (Å²) in [5.74, 6) is 0.894. The van der Waals surface area contributed by atoms with Crippen LogP contribution in [0.25, 0.3) is 0 Å². The van der Waals surface area contributed by atoms with Crippen LogP contribution < -0.4 is 5.32 Å². The second-order valence-corrected chi connectivity index (χ2v) is 6.78. The Morgan fingerprint density at radius 3 is 2.73 bits per heavy atom. The van der Waals surface area contributed by atoms with E-state index in [2.05, 4.69) is 17.3 Å². The van der Waals surface area contributed by atoms with Gasteiger partial charge in [-0.05, 0) is 56.9 Å². The van der Waals surface area contributed by atoms with E-state index in [0.717, 1.165) is 11.8 Å². The minimum atomic E-state index is -1.00. The fraction of sp³-hybridized carbons (Fsp3) is 0.688. The van der Waals surface area contributed by atoms with Crippen molar-refractivity contribution in [2.45, 2.75) is 51.6 Å². The Morgan fingerprint density at radius 1 is 1.36 bits per heavy atom. The number of nitrogens with zero attached hydrogens (tertiary/aromatic N) is 2. The Hall–Kier alpha value is -1.85. The molecule has 6 nitrogen and oxygen atoms in total. The fourth-order valence-corrected chi connectivity index (χ4v) is 4.20. The van der Waals surface area contributed by atoms with Gasteiger partial charge in [0, 0.05) is 12.2 Å². The normalized spacial score (nSPS) is 29.3. The molecular weight excluding hydrogens is 282 g/mol. The van der Waals surface area contributed by atoms with Gasteiger partial charge in [-0.2, -0.15) is 5.10 Å². The van der Waals surface area contributed by atoms with E-state index in [1.807, 2.05) is 0 Å². The van der Waals surface area contributed by atoms with Gasteiger partial charge in [0.05, 0.1) is 0 Å². The van der Waals surface area contributed by atoms with Gasteiger partial charge in [-0.3, -0.25) is 4.79 Å². The second-order valence-electron chi connectivity index (χ2n) is 6.78. The molecule has 0 aromatic carbocycles. The molecule has 2 fully saturated rings. The fourth-order valence-electron chi connectivity index (χ4n) is 4.20. The van der Waals surface area contributed by atoms with E-state index in [4.69, 9.17) is 5.11 Å². The van der Waals surface area contributed by atoms with E-state index in [9.17, 15) is 9.59 Å². The number of aromatic nitrogens is 2. The molecule has 2 aliphatic carbocycles. The van der Waals surface area contributed by atoms with E-state index in [-0.39, 0.29) is 11.9 Å². The summed E-state index contributed by atoms with van der Waals surface area (Å²) in [5, 5.41) is 16.1. The summed E-state index contributed by atoms with van der Waals surface area (Å²) >= 11 is 0. The van der Waals surface area contributed by atoms with Crippen LogP contribution in [0.1, 0.15) is 56.1 Å². The molecule has 2 bridgehead atoms. The number of hydrogen-bond donors (Lipinski definition) is 2. The first-order chi connectivity index (χ1) is 10.5.